The average molecular weight is 421 g/mol. The van der Waals surface area contributed by atoms with Gasteiger partial charge in [-0.2, -0.15) is 0 Å². The Hall–Kier alpha value is -3.49. The number of hydrogen-bond donors (Lipinski definition) is 2. The number of hydrogen-bond acceptors (Lipinski definition) is 7. The lowest BCUT2D eigenvalue weighted by atomic mass is 9.78. The summed E-state index contributed by atoms with van der Waals surface area (Å²) in [7, 11) is 1.58. The quantitative estimate of drug-likeness (QED) is 0.259. The highest BCUT2D eigenvalue weighted by Crippen LogP contribution is 2.46. The number of ether oxygens (including phenoxy) is 2. The summed E-state index contributed by atoms with van der Waals surface area (Å²) in [6, 6.07) is 6.98. The second-order valence-corrected chi connectivity index (χ2v) is 7.40. The Kier molecular flexibility index (Phi) is 5.34. The number of nitrogens with zero attached hydrogens (tertiary/aromatic N) is 1. The van der Waals surface area contributed by atoms with Crippen LogP contribution in [0, 0.1) is 0 Å². The van der Waals surface area contributed by atoms with E-state index in [1.807, 2.05) is 0 Å². The zero-order chi connectivity index (χ0) is 22.3. The van der Waals surface area contributed by atoms with Crippen LogP contribution in [0.3, 0.4) is 0 Å². The van der Waals surface area contributed by atoms with E-state index < -0.39 is 11.8 Å². The number of carbonyl (C=O) groups excluding carboxylic acids is 3. The minimum Gasteiger partial charge on any atom is -0.398 e. The normalized spacial score (nSPS) is 14.7. The van der Waals surface area contributed by atoms with Crippen molar-refractivity contribution in [3.8, 4) is 0 Å². The predicted octanol–water partition coefficient (Wildman–Crippen LogP) is 2.11. The van der Waals surface area contributed by atoms with Crippen molar-refractivity contribution in [3.63, 3.8) is 0 Å². The monoisotopic (exact) mass is 421 g/mol. The number of ketones is 1. The summed E-state index contributed by atoms with van der Waals surface area (Å²) < 4.78 is 10.3. The molecule has 2 aromatic rings. The molecule has 31 heavy (non-hydrogen) atoms. The molecule has 2 amide bonds. The minimum absolute atomic E-state index is 0.0120. The molecule has 0 atom stereocenters. The first-order chi connectivity index (χ1) is 14.9. The molecule has 0 saturated carbocycles. The molecule has 1 aliphatic carbocycles. The first-order valence-electron chi connectivity index (χ1n) is 9.91. The number of anilines is 2. The van der Waals surface area contributed by atoms with Crippen LogP contribution in [-0.4, -0.2) is 56.0 Å². The van der Waals surface area contributed by atoms with E-state index in [0.29, 0.717) is 48.5 Å². The summed E-state index contributed by atoms with van der Waals surface area (Å²) in [5.41, 5.74) is 14.7. The summed E-state index contributed by atoms with van der Waals surface area (Å²) >= 11 is 0. The number of methoxy groups -OCH3 is 1. The fourth-order valence-electron chi connectivity index (χ4n) is 4.13. The van der Waals surface area contributed by atoms with Gasteiger partial charge in [-0.25, -0.2) is 0 Å². The average Bonchev–Trinajstić information content (AvgIpc) is 3.02. The van der Waals surface area contributed by atoms with Crippen LogP contribution >= 0.6 is 0 Å². The Balaban J connectivity index is 1.70. The lowest BCUT2D eigenvalue weighted by molar-refractivity contribution is 0.0558. The van der Waals surface area contributed by atoms with Gasteiger partial charge in [-0.3, -0.25) is 19.3 Å². The van der Waals surface area contributed by atoms with Crippen LogP contribution in [0.5, 0.6) is 0 Å². The largest absolute Gasteiger partial charge is 0.398 e. The molecule has 4 N–H and O–H groups in total. The smallest absolute Gasteiger partial charge is 0.263 e. The Morgan fingerprint density at radius 2 is 1.48 bits per heavy atom. The molecule has 8 heteroatoms. The third-order valence-electron chi connectivity index (χ3n) is 5.62. The number of imide groups is 1. The molecule has 0 aromatic heterocycles. The highest BCUT2D eigenvalue weighted by molar-refractivity contribution is 6.31. The van der Waals surface area contributed by atoms with Crippen molar-refractivity contribution in [2.75, 3.05) is 44.9 Å². The second-order valence-electron chi connectivity index (χ2n) is 7.40. The van der Waals surface area contributed by atoms with E-state index in [9.17, 15) is 14.4 Å². The van der Waals surface area contributed by atoms with Crippen molar-refractivity contribution < 1.29 is 23.9 Å². The maximum Gasteiger partial charge on any atom is 0.263 e. The van der Waals surface area contributed by atoms with Crippen molar-refractivity contribution in [1.82, 2.24) is 4.90 Å². The third-order valence-corrected chi connectivity index (χ3v) is 5.62. The highest BCUT2D eigenvalue weighted by Gasteiger charge is 2.43. The fourth-order valence-corrected chi connectivity index (χ4v) is 4.13. The SMILES string of the molecule is C=C1c2ccccc2C(=O)c2c(N)c3c(c(N)c21)C(=O)N(CCCOCCOC)C3=O. The van der Waals surface area contributed by atoms with E-state index in [0.717, 1.165) is 4.90 Å². The second kappa shape index (κ2) is 7.98. The Morgan fingerprint density at radius 1 is 0.871 bits per heavy atom. The van der Waals surface area contributed by atoms with Gasteiger partial charge in [0.15, 0.2) is 5.78 Å². The van der Waals surface area contributed by atoms with Gasteiger partial charge in [-0.05, 0) is 17.6 Å². The van der Waals surface area contributed by atoms with Gasteiger partial charge in [0.25, 0.3) is 11.8 Å². The summed E-state index contributed by atoms with van der Waals surface area (Å²) in [5, 5.41) is 0. The maximum atomic E-state index is 13.2. The number of carbonyl (C=O) groups is 3. The molecular weight excluding hydrogens is 398 g/mol. The standard InChI is InChI=1S/C23H23N3O5/c1-12-13-6-3-4-7-14(13)21(27)16-15(12)19(24)17-18(20(16)25)23(29)26(22(17)28)8-5-9-31-11-10-30-2/h3-4,6-7H,1,5,8-11,24-25H2,2H3. The van der Waals surface area contributed by atoms with Crippen LogP contribution < -0.4 is 11.5 Å². The van der Waals surface area contributed by atoms with Gasteiger partial charge < -0.3 is 20.9 Å². The Morgan fingerprint density at radius 3 is 2.13 bits per heavy atom. The van der Waals surface area contributed by atoms with Crippen LogP contribution in [0.4, 0.5) is 11.4 Å². The van der Waals surface area contributed by atoms with Crippen LogP contribution in [-0.2, 0) is 9.47 Å². The molecule has 4 rings (SSSR count). The first kappa shape index (κ1) is 20.8. The molecule has 0 saturated heterocycles. The van der Waals surface area contributed by atoms with E-state index in [4.69, 9.17) is 20.9 Å². The van der Waals surface area contributed by atoms with Gasteiger partial charge in [0, 0.05) is 31.4 Å². The molecule has 0 bridgehead atoms. The van der Waals surface area contributed by atoms with Crippen LogP contribution in [0.15, 0.2) is 30.8 Å². The van der Waals surface area contributed by atoms with Crippen molar-refractivity contribution in [2.24, 2.45) is 0 Å². The molecule has 2 aliphatic rings. The molecule has 1 aliphatic heterocycles. The zero-order valence-corrected chi connectivity index (χ0v) is 17.2. The number of nitrogens with two attached hydrogens (primary N) is 2. The fraction of sp³-hybridized carbons (Fsp3) is 0.261. The lowest BCUT2D eigenvalue weighted by Gasteiger charge is -2.25. The molecule has 8 nitrogen and oxygen atoms in total. The molecular formula is C23H23N3O5. The molecule has 1 heterocycles. The molecule has 160 valence electrons. The molecule has 0 spiro atoms. The number of nitrogen functional groups attached to an aromatic ring is 2. The number of benzene rings is 2. The van der Waals surface area contributed by atoms with Crippen molar-refractivity contribution in [1.29, 1.82) is 0 Å². The van der Waals surface area contributed by atoms with Crippen LogP contribution in [0.2, 0.25) is 0 Å². The molecule has 0 radical (unpaired) electrons. The van der Waals surface area contributed by atoms with Gasteiger partial charge >= 0.3 is 0 Å². The highest BCUT2D eigenvalue weighted by atomic mass is 16.5. The molecule has 0 unspecified atom stereocenters. The minimum atomic E-state index is -0.554. The van der Waals surface area contributed by atoms with E-state index in [2.05, 4.69) is 6.58 Å². The van der Waals surface area contributed by atoms with Gasteiger partial charge in [-0.15, -0.1) is 0 Å². The van der Waals surface area contributed by atoms with Crippen LogP contribution in [0.25, 0.3) is 5.57 Å². The van der Waals surface area contributed by atoms with E-state index >= 15 is 0 Å². The molecule has 2 aromatic carbocycles. The number of rotatable bonds is 7. The van der Waals surface area contributed by atoms with Gasteiger partial charge in [0.05, 0.1) is 41.3 Å². The zero-order valence-electron chi connectivity index (χ0n) is 17.2. The Labute approximate surface area is 179 Å². The summed E-state index contributed by atoms with van der Waals surface area (Å²) in [6.45, 7) is 5.49. The summed E-state index contributed by atoms with van der Waals surface area (Å²) in [6.07, 6.45) is 0.450. The predicted molar refractivity (Wildman–Crippen MR) is 116 cm³/mol. The van der Waals surface area contributed by atoms with Gasteiger partial charge in [0.2, 0.25) is 0 Å². The van der Waals surface area contributed by atoms with Crippen molar-refractivity contribution in [3.05, 3.63) is 64.2 Å². The summed E-state index contributed by atoms with van der Waals surface area (Å²) in [4.78, 5) is 40.4. The lowest BCUT2D eigenvalue weighted by Crippen LogP contribution is -2.31. The van der Waals surface area contributed by atoms with E-state index in [-0.39, 0.29) is 40.4 Å². The van der Waals surface area contributed by atoms with Gasteiger partial charge in [0.1, 0.15) is 0 Å². The van der Waals surface area contributed by atoms with Crippen molar-refractivity contribution in [2.45, 2.75) is 6.42 Å². The topological polar surface area (TPSA) is 125 Å². The number of fused-ring (bicyclic) bond motifs is 3. The molecule has 0 fully saturated rings. The first-order valence-corrected chi connectivity index (χ1v) is 9.91. The maximum absolute atomic E-state index is 13.2. The van der Waals surface area contributed by atoms with Crippen molar-refractivity contribution >= 4 is 34.5 Å². The third kappa shape index (κ3) is 3.11. The van der Waals surface area contributed by atoms with Gasteiger partial charge in [-0.1, -0.05) is 30.8 Å². The van der Waals surface area contributed by atoms with Crippen LogP contribution in [0.1, 0.15) is 54.2 Å². The Bertz CT molecular complexity index is 1060. The van der Waals surface area contributed by atoms with E-state index in [1.165, 1.54) is 0 Å². The summed E-state index contributed by atoms with van der Waals surface area (Å²) in [5.74, 6) is -1.42. The van der Waals surface area contributed by atoms with E-state index in [1.54, 1.807) is 31.4 Å². The number of amides is 2.